The van der Waals surface area contributed by atoms with Crippen molar-refractivity contribution in [2.75, 3.05) is 33.4 Å². The van der Waals surface area contributed by atoms with Crippen LogP contribution < -0.4 is 10.6 Å². The lowest BCUT2D eigenvalue weighted by molar-refractivity contribution is 0.0953. The van der Waals surface area contributed by atoms with Crippen LogP contribution in [-0.2, 0) is 4.74 Å². The fraction of sp³-hybridized carbons (Fsp3) is 0.389. The van der Waals surface area contributed by atoms with Crippen molar-refractivity contribution in [1.29, 1.82) is 0 Å². The monoisotopic (exact) mass is 385 g/mol. The van der Waals surface area contributed by atoms with E-state index in [1.165, 1.54) is 0 Å². The number of amides is 1. The normalized spacial score (nSPS) is 10.4. The van der Waals surface area contributed by atoms with Crippen molar-refractivity contribution in [3.8, 4) is 5.69 Å². The van der Waals surface area contributed by atoms with E-state index < -0.39 is 0 Å². The van der Waals surface area contributed by atoms with E-state index in [0.29, 0.717) is 30.3 Å². The third-order valence-electron chi connectivity index (χ3n) is 3.81. The predicted molar refractivity (Wildman–Crippen MR) is 105 cm³/mol. The summed E-state index contributed by atoms with van der Waals surface area (Å²) in [6, 6.07) is 9.52. The lowest BCUT2D eigenvalue weighted by Gasteiger charge is -2.10. The molecule has 0 aliphatic carbocycles. The number of nitrogens with zero attached hydrogens (tertiary/aromatic N) is 1. The van der Waals surface area contributed by atoms with Gasteiger partial charge in [-0.15, -0.1) is 12.4 Å². The van der Waals surface area contributed by atoms with Gasteiger partial charge in [-0.3, -0.25) is 4.79 Å². The number of methoxy groups -OCH3 is 1. The van der Waals surface area contributed by atoms with Crippen LogP contribution in [0.15, 0.2) is 30.3 Å². The molecule has 0 spiro atoms. The largest absolute Gasteiger partial charge is 0.383 e. The van der Waals surface area contributed by atoms with Crippen LogP contribution in [-0.4, -0.2) is 43.8 Å². The highest BCUT2D eigenvalue weighted by molar-refractivity contribution is 6.30. The Morgan fingerprint density at radius 3 is 2.64 bits per heavy atom. The summed E-state index contributed by atoms with van der Waals surface area (Å²) in [4.78, 5) is 12.4. The molecule has 0 unspecified atom stereocenters. The summed E-state index contributed by atoms with van der Waals surface area (Å²) in [5.74, 6) is -0.0649. The first-order chi connectivity index (χ1) is 11.5. The van der Waals surface area contributed by atoms with Crippen molar-refractivity contribution in [3.63, 3.8) is 0 Å². The molecule has 0 atom stereocenters. The van der Waals surface area contributed by atoms with Crippen LogP contribution in [0.4, 0.5) is 0 Å². The topological polar surface area (TPSA) is 55.3 Å². The van der Waals surface area contributed by atoms with Crippen LogP contribution in [0.3, 0.4) is 0 Å². The van der Waals surface area contributed by atoms with Crippen LogP contribution in [0.1, 0.15) is 21.7 Å². The average molecular weight is 386 g/mol. The molecular weight excluding hydrogens is 361 g/mol. The molecule has 2 rings (SSSR count). The quantitative estimate of drug-likeness (QED) is 0.686. The van der Waals surface area contributed by atoms with Crippen molar-refractivity contribution < 1.29 is 9.53 Å². The molecule has 0 saturated carbocycles. The van der Waals surface area contributed by atoms with Crippen molar-refractivity contribution in [1.82, 2.24) is 15.2 Å². The molecule has 2 aromatic rings. The van der Waals surface area contributed by atoms with Crippen LogP contribution >= 0.6 is 24.0 Å². The van der Waals surface area contributed by atoms with Crippen molar-refractivity contribution in [2.45, 2.75) is 13.8 Å². The molecule has 5 nitrogen and oxygen atoms in total. The molecule has 0 aliphatic rings. The van der Waals surface area contributed by atoms with E-state index in [1.807, 2.05) is 48.7 Å². The second-order valence-corrected chi connectivity index (χ2v) is 6.04. The van der Waals surface area contributed by atoms with Crippen molar-refractivity contribution in [2.24, 2.45) is 0 Å². The standard InChI is InChI=1S/C18H24ClN3O2.ClH/c1-13-11-17(18(23)21-8-7-20-9-10-24-3)14(2)22(13)16-6-4-5-15(19)12-16;/h4-6,11-12,20H,7-10H2,1-3H3,(H,21,23);1H. The summed E-state index contributed by atoms with van der Waals surface area (Å²) < 4.78 is 7.00. The number of aromatic nitrogens is 1. The maximum atomic E-state index is 12.4. The average Bonchev–Trinajstić information content (AvgIpc) is 2.85. The second-order valence-electron chi connectivity index (χ2n) is 5.60. The highest BCUT2D eigenvalue weighted by Gasteiger charge is 2.16. The van der Waals surface area contributed by atoms with Gasteiger partial charge in [-0.1, -0.05) is 17.7 Å². The number of rotatable bonds is 8. The van der Waals surface area contributed by atoms with E-state index in [0.717, 1.165) is 23.6 Å². The van der Waals surface area contributed by atoms with Crippen LogP contribution in [0, 0.1) is 13.8 Å². The molecule has 25 heavy (non-hydrogen) atoms. The SMILES string of the molecule is COCCNCCNC(=O)c1cc(C)n(-c2cccc(Cl)c2)c1C.Cl. The third-order valence-corrected chi connectivity index (χ3v) is 4.05. The Bertz CT molecular complexity index is 702. The zero-order valence-corrected chi connectivity index (χ0v) is 16.3. The number of hydrogen-bond acceptors (Lipinski definition) is 3. The molecule has 0 saturated heterocycles. The fourth-order valence-electron chi connectivity index (χ4n) is 2.66. The maximum absolute atomic E-state index is 12.4. The lowest BCUT2D eigenvalue weighted by Crippen LogP contribution is -2.33. The first-order valence-electron chi connectivity index (χ1n) is 7.97. The lowest BCUT2D eigenvalue weighted by atomic mass is 10.2. The van der Waals surface area contributed by atoms with E-state index in [-0.39, 0.29) is 18.3 Å². The highest BCUT2D eigenvalue weighted by atomic mass is 35.5. The summed E-state index contributed by atoms with van der Waals surface area (Å²) in [7, 11) is 1.67. The minimum Gasteiger partial charge on any atom is -0.383 e. The zero-order valence-electron chi connectivity index (χ0n) is 14.8. The fourth-order valence-corrected chi connectivity index (χ4v) is 2.85. The molecule has 1 aromatic carbocycles. The van der Waals surface area contributed by atoms with Gasteiger partial charge in [0.25, 0.3) is 5.91 Å². The molecule has 0 bridgehead atoms. The Morgan fingerprint density at radius 2 is 1.96 bits per heavy atom. The third kappa shape index (κ3) is 5.75. The molecule has 7 heteroatoms. The Balaban J connectivity index is 0.00000312. The molecule has 1 amide bonds. The number of nitrogens with one attached hydrogen (secondary N) is 2. The molecule has 2 N–H and O–H groups in total. The Hall–Kier alpha value is -1.53. The van der Waals surface area contributed by atoms with Crippen molar-refractivity contribution >= 4 is 29.9 Å². The summed E-state index contributed by atoms with van der Waals surface area (Å²) >= 11 is 6.08. The summed E-state index contributed by atoms with van der Waals surface area (Å²) in [6.45, 7) is 6.65. The van der Waals surface area contributed by atoms with Gasteiger partial charge in [0, 0.05) is 48.8 Å². The van der Waals surface area contributed by atoms with Crippen molar-refractivity contribution in [3.05, 3.63) is 52.3 Å². The molecule has 1 heterocycles. The van der Waals surface area contributed by atoms with Gasteiger partial charge in [-0.05, 0) is 38.1 Å². The van der Waals surface area contributed by atoms with Crippen LogP contribution in [0.5, 0.6) is 0 Å². The number of carbonyl (C=O) groups excluding carboxylic acids is 1. The van der Waals surface area contributed by atoms with E-state index in [4.69, 9.17) is 16.3 Å². The van der Waals surface area contributed by atoms with Gasteiger partial charge in [-0.25, -0.2) is 0 Å². The Kier molecular flexibility index (Phi) is 9.00. The molecule has 0 radical (unpaired) electrons. The predicted octanol–water partition coefficient (Wildman–Crippen LogP) is 3.14. The van der Waals surface area contributed by atoms with E-state index >= 15 is 0 Å². The van der Waals surface area contributed by atoms with Gasteiger partial charge in [0.05, 0.1) is 12.2 Å². The number of carbonyl (C=O) groups is 1. The van der Waals surface area contributed by atoms with Gasteiger partial charge >= 0.3 is 0 Å². The van der Waals surface area contributed by atoms with E-state index in [1.54, 1.807) is 7.11 Å². The first-order valence-corrected chi connectivity index (χ1v) is 8.35. The minimum atomic E-state index is -0.0649. The van der Waals surface area contributed by atoms with E-state index in [2.05, 4.69) is 10.6 Å². The summed E-state index contributed by atoms with van der Waals surface area (Å²) in [5, 5.41) is 6.81. The maximum Gasteiger partial charge on any atom is 0.253 e. The second kappa shape index (κ2) is 10.5. The number of hydrogen-bond donors (Lipinski definition) is 2. The van der Waals surface area contributed by atoms with Crippen LogP contribution in [0.25, 0.3) is 5.69 Å². The molecule has 0 fully saturated rings. The van der Waals surface area contributed by atoms with Gasteiger partial charge in [0.15, 0.2) is 0 Å². The molecule has 138 valence electrons. The van der Waals surface area contributed by atoms with Gasteiger partial charge in [0.2, 0.25) is 0 Å². The first kappa shape index (κ1) is 21.5. The number of ether oxygens (including phenoxy) is 1. The van der Waals surface area contributed by atoms with Crippen LogP contribution in [0.2, 0.25) is 5.02 Å². The molecule has 0 aliphatic heterocycles. The number of benzene rings is 1. The Labute approximate surface area is 160 Å². The highest BCUT2D eigenvalue weighted by Crippen LogP contribution is 2.22. The molecule has 1 aromatic heterocycles. The van der Waals surface area contributed by atoms with Gasteiger partial charge in [0.1, 0.15) is 0 Å². The summed E-state index contributed by atoms with van der Waals surface area (Å²) in [5.41, 5.74) is 3.54. The Morgan fingerprint density at radius 1 is 1.20 bits per heavy atom. The van der Waals surface area contributed by atoms with E-state index in [9.17, 15) is 4.79 Å². The van der Waals surface area contributed by atoms with Gasteiger partial charge < -0.3 is 19.9 Å². The summed E-state index contributed by atoms with van der Waals surface area (Å²) in [6.07, 6.45) is 0. The van der Waals surface area contributed by atoms with Gasteiger partial charge in [-0.2, -0.15) is 0 Å². The zero-order chi connectivity index (χ0) is 17.5. The minimum absolute atomic E-state index is 0. The molecular formula is C18H25Cl2N3O2. The smallest absolute Gasteiger partial charge is 0.253 e. The number of aryl methyl sites for hydroxylation is 1. The number of halogens is 2.